The number of azo groups is 1. The van der Waals surface area contributed by atoms with E-state index in [1.54, 1.807) is 12.1 Å². The van der Waals surface area contributed by atoms with Gasteiger partial charge in [-0.05, 0) is 31.1 Å². The molecule has 3 N–H and O–H groups in total. The van der Waals surface area contributed by atoms with Gasteiger partial charge < -0.3 is 24.9 Å². The summed E-state index contributed by atoms with van der Waals surface area (Å²) in [5, 5.41) is 22.7. The summed E-state index contributed by atoms with van der Waals surface area (Å²) < 4.78 is 11.1. The molecule has 1 aliphatic heterocycles. The zero-order valence-electron chi connectivity index (χ0n) is 13.7. The summed E-state index contributed by atoms with van der Waals surface area (Å²) in [5.74, 6) is 1.23. The quantitative estimate of drug-likeness (QED) is 0.557. The van der Waals surface area contributed by atoms with Crippen molar-refractivity contribution in [2.24, 2.45) is 10.2 Å². The molecule has 1 fully saturated rings. The number of aromatic amines is 1. The summed E-state index contributed by atoms with van der Waals surface area (Å²) in [6.45, 7) is 1.01. The van der Waals surface area contributed by atoms with Crippen LogP contribution in [-0.4, -0.2) is 34.5 Å². The number of H-pyrrole nitrogens is 1. The summed E-state index contributed by atoms with van der Waals surface area (Å²) in [6.07, 6.45) is 5.93. The summed E-state index contributed by atoms with van der Waals surface area (Å²) in [4.78, 5) is 2.88. The van der Waals surface area contributed by atoms with Gasteiger partial charge in [-0.3, -0.25) is 0 Å². The van der Waals surface area contributed by atoms with Crippen molar-refractivity contribution in [1.82, 2.24) is 10.3 Å². The number of nitrogens with one attached hydrogen (secondary N) is 2. The smallest absolute Gasteiger partial charge is 0.218 e. The van der Waals surface area contributed by atoms with Gasteiger partial charge in [-0.15, -0.1) is 10.2 Å². The van der Waals surface area contributed by atoms with E-state index in [-0.39, 0.29) is 5.88 Å². The minimum Gasteiger partial charge on any atom is -0.493 e. The highest BCUT2D eigenvalue weighted by Gasteiger charge is 2.18. The van der Waals surface area contributed by atoms with E-state index in [4.69, 9.17) is 21.7 Å². The number of hydrogen-bond acceptors (Lipinski definition) is 5. The molecule has 8 heteroatoms. The van der Waals surface area contributed by atoms with Gasteiger partial charge in [0, 0.05) is 17.5 Å². The van der Waals surface area contributed by atoms with Gasteiger partial charge in [-0.25, -0.2) is 0 Å². The van der Waals surface area contributed by atoms with Gasteiger partial charge >= 0.3 is 0 Å². The van der Waals surface area contributed by atoms with Crippen LogP contribution in [0.4, 0.5) is 5.69 Å². The molecule has 4 rings (SSSR count). The van der Waals surface area contributed by atoms with E-state index in [1.807, 2.05) is 0 Å². The molecule has 0 atom stereocenters. The molecule has 1 aromatic heterocycles. The first-order valence-electron chi connectivity index (χ1n) is 8.57. The van der Waals surface area contributed by atoms with Crippen LogP contribution in [0.25, 0.3) is 10.9 Å². The third-order valence-corrected chi connectivity index (χ3v) is 4.79. The monoisotopic (exact) mass is 360 g/mol. The standard InChI is InChI=1S/C17H20N4O3S/c22-16-15(20-21-17(25)18-10-4-2-1-3-5-10)11-8-13-14(9-12(11)19-16)24-7-6-23-13/h8-10,19,22H,1-7H2,(H,18,25). The summed E-state index contributed by atoms with van der Waals surface area (Å²) in [7, 11) is 0. The lowest BCUT2D eigenvalue weighted by atomic mass is 9.96. The Hall–Kier alpha value is -2.35. The lowest BCUT2D eigenvalue weighted by Gasteiger charge is -2.22. The second-order valence-corrected chi connectivity index (χ2v) is 6.73. The predicted octanol–water partition coefficient (Wildman–Crippen LogP) is 3.94. The molecular formula is C17H20N4O3S. The van der Waals surface area contributed by atoms with Gasteiger partial charge in [0.25, 0.3) is 0 Å². The first-order valence-corrected chi connectivity index (χ1v) is 8.98. The van der Waals surface area contributed by atoms with Crippen LogP contribution in [0.1, 0.15) is 32.1 Å². The molecule has 2 aliphatic rings. The molecular weight excluding hydrogens is 340 g/mol. The van der Waals surface area contributed by atoms with Crippen molar-refractivity contribution in [3.05, 3.63) is 12.1 Å². The van der Waals surface area contributed by atoms with Crippen LogP contribution in [0.15, 0.2) is 22.4 Å². The Morgan fingerprint density at radius 2 is 1.88 bits per heavy atom. The van der Waals surface area contributed by atoms with Crippen molar-refractivity contribution in [2.75, 3.05) is 13.2 Å². The summed E-state index contributed by atoms with van der Waals surface area (Å²) in [5.41, 5.74) is 1.06. The van der Waals surface area contributed by atoms with E-state index in [1.165, 1.54) is 19.3 Å². The second kappa shape index (κ2) is 6.87. The van der Waals surface area contributed by atoms with Crippen LogP contribution >= 0.6 is 12.2 Å². The molecule has 0 saturated heterocycles. The van der Waals surface area contributed by atoms with Crippen molar-refractivity contribution >= 4 is 33.9 Å². The third-order valence-electron chi connectivity index (χ3n) is 4.59. The highest BCUT2D eigenvalue weighted by atomic mass is 32.1. The van der Waals surface area contributed by atoms with E-state index in [2.05, 4.69) is 20.5 Å². The number of hydrogen-bond donors (Lipinski definition) is 3. The molecule has 1 saturated carbocycles. The highest BCUT2D eigenvalue weighted by molar-refractivity contribution is 7.80. The SMILES string of the molecule is Oc1[nH]c2cc3c(cc2c1N=NC(=S)NC1CCCCC1)OCCO3. The molecule has 0 unspecified atom stereocenters. The van der Waals surface area contributed by atoms with Crippen molar-refractivity contribution in [2.45, 2.75) is 38.1 Å². The molecule has 132 valence electrons. The number of aromatic hydroxyl groups is 1. The number of rotatable bonds is 2. The Labute approximate surface area is 150 Å². The van der Waals surface area contributed by atoms with Crippen molar-refractivity contribution < 1.29 is 14.6 Å². The van der Waals surface area contributed by atoms with Gasteiger partial charge in [-0.2, -0.15) is 0 Å². The van der Waals surface area contributed by atoms with Crippen LogP contribution in [0, 0.1) is 0 Å². The predicted molar refractivity (Wildman–Crippen MR) is 98.1 cm³/mol. The molecule has 0 spiro atoms. The maximum Gasteiger partial charge on any atom is 0.218 e. The van der Waals surface area contributed by atoms with Crippen molar-refractivity contribution in [3.8, 4) is 17.4 Å². The Morgan fingerprint density at radius 1 is 1.16 bits per heavy atom. The number of benzene rings is 1. The van der Waals surface area contributed by atoms with Gasteiger partial charge in [0.15, 0.2) is 17.2 Å². The Morgan fingerprint density at radius 3 is 2.64 bits per heavy atom. The molecule has 0 amide bonds. The van der Waals surface area contributed by atoms with Gasteiger partial charge in [0.2, 0.25) is 11.0 Å². The van der Waals surface area contributed by atoms with Crippen molar-refractivity contribution in [3.63, 3.8) is 0 Å². The van der Waals surface area contributed by atoms with Crippen LogP contribution < -0.4 is 14.8 Å². The van der Waals surface area contributed by atoms with Gasteiger partial charge in [-0.1, -0.05) is 19.3 Å². The largest absolute Gasteiger partial charge is 0.493 e. The number of nitrogens with zero attached hydrogens (tertiary/aromatic N) is 2. The van der Waals surface area contributed by atoms with Crippen molar-refractivity contribution in [1.29, 1.82) is 0 Å². The fourth-order valence-corrected chi connectivity index (χ4v) is 3.56. The molecule has 7 nitrogen and oxygen atoms in total. The summed E-state index contributed by atoms with van der Waals surface area (Å²) in [6, 6.07) is 3.96. The lowest BCUT2D eigenvalue weighted by Crippen LogP contribution is -2.33. The minimum absolute atomic E-state index is 0.0541. The second-order valence-electron chi connectivity index (χ2n) is 6.35. The van der Waals surface area contributed by atoms with E-state index in [0.29, 0.717) is 52.5 Å². The average Bonchev–Trinajstić information content (AvgIpc) is 2.93. The fourth-order valence-electron chi connectivity index (χ4n) is 3.35. The molecule has 2 aromatic rings. The third kappa shape index (κ3) is 3.39. The topological polar surface area (TPSA) is 91.2 Å². The van der Waals surface area contributed by atoms with Gasteiger partial charge in [0.05, 0.1) is 5.52 Å². The number of thiocarbonyl (C=S) groups is 1. The number of ether oxygens (including phenoxy) is 2. The minimum atomic E-state index is -0.0541. The molecule has 1 aromatic carbocycles. The molecule has 0 radical (unpaired) electrons. The number of aromatic nitrogens is 1. The van der Waals surface area contributed by atoms with Crippen LogP contribution in [0.2, 0.25) is 0 Å². The Bertz CT molecular complexity index is 827. The fraction of sp³-hybridized carbons (Fsp3) is 0.471. The molecule has 1 aliphatic carbocycles. The lowest BCUT2D eigenvalue weighted by molar-refractivity contribution is 0.172. The summed E-state index contributed by atoms with van der Waals surface area (Å²) >= 11 is 5.26. The first kappa shape index (κ1) is 16.1. The van der Waals surface area contributed by atoms with E-state index in [9.17, 15) is 5.11 Å². The normalized spacial score (nSPS) is 17.9. The van der Waals surface area contributed by atoms with Crippen LogP contribution in [0.3, 0.4) is 0 Å². The van der Waals surface area contributed by atoms with E-state index >= 15 is 0 Å². The maximum atomic E-state index is 10.2. The van der Waals surface area contributed by atoms with Crippen LogP contribution in [0.5, 0.6) is 17.4 Å². The van der Waals surface area contributed by atoms with Crippen LogP contribution in [-0.2, 0) is 0 Å². The van der Waals surface area contributed by atoms with E-state index < -0.39 is 0 Å². The zero-order chi connectivity index (χ0) is 17.2. The Balaban J connectivity index is 1.55. The highest BCUT2D eigenvalue weighted by Crippen LogP contribution is 2.42. The first-order chi connectivity index (χ1) is 12.2. The molecule has 25 heavy (non-hydrogen) atoms. The van der Waals surface area contributed by atoms with E-state index in [0.717, 1.165) is 12.8 Å². The molecule has 2 heterocycles. The average molecular weight is 360 g/mol. The Kier molecular flexibility index (Phi) is 4.44. The molecule has 0 bridgehead atoms. The number of fused-ring (bicyclic) bond motifs is 2. The van der Waals surface area contributed by atoms with Gasteiger partial charge in [0.1, 0.15) is 13.2 Å². The zero-order valence-corrected chi connectivity index (χ0v) is 14.6. The maximum absolute atomic E-state index is 10.2.